The van der Waals surface area contributed by atoms with Crippen LogP contribution >= 0.6 is 0 Å². The molecule has 0 aliphatic carbocycles. The van der Waals surface area contributed by atoms with Crippen molar-refractivity contribution in [2.45, 2.75) is 4.90 Å². The Labute approximate surface area is 154 Å². The number of hydrogen-bond acceptors (Lipinski definition) is 7. The monoisotopic (exact) mass is 386 g/mol. The predicted octanol–water partition coefficient (Wildman–Crippen LogP) is 2.50. The first kappa shape index (κ1) is 18.3. The zero-order chi connectivity index (χ0) is 19.4. The van der Waals surface area contributed by atoms with Crippen LogP contribution in [0.4, 0.5) is 4.79 Å². The lowest BCUT2D eigenvalue weighted by atomic mass is 10.1. The van der Waals surface area contributed by atoms with E-state index in [-0.39, 0.29) is 16.3 Å². The number of rotatable bonds is 4. The van der Waals surface area contributed by atoms with Crippen molar-refractivity contribution in [1.29, 1.82) is 0 Å². The second-order valence-corrected chi connectivity index (χ2v) is 7.00. The van der Waals surface area contributed by atoms with Gasteiger partial charge in [-0.2, -0.15) is 0 Å². The SMILES string of the molecule is COC(=O)Oc1ccc(C(=O)NS(=O)(=O)c2cccc3ccccc23)cn1. The fourth-order valence-corrected chi connectivity index (χ4v) is 3.57. The van der Waals surface area contributed by atoms with Gasteiger partial charge < -0.3 is 9.47 Å². The molecule has 1 heterocycles. The van der Waals surface area contributed by atoms with Crippen LogP contribution in [0.3, 0.4) is 0 Å². The fourth-order valence-electron chi connectivity index (χ4n) is 2.37. The second kappa shape index (κ2) is 7.42. The molecule has 0 radical (unpaired) electrons. The van der Waals surface area contributed by atoms with E-state index in [1.54, 1.807) is 36.4 Å². The average Bonchev–Trinajstić information content (AvgIpc) is 2.67. The maximum Gasteiger partial charge on any atom is 0.514 e. The summed E-state index contributed by atoms with van der Waals surface area (Å²) in [6, 6.07) is 14.3. The van der Waals surface area contributed by atoms with Gasteiger partial charge in [-0.05, 0) is 17.5 Å². The molecule has 1 N–H and O–H groups in total. The minimum absolute atomic E-state index is 0.00689. The summed E-state index contributed by atoms with van der Waals surface area (Å²) < 4.78 is 36.3. The number of pyridine rings is 1. The van der Waals surface area contributed by atoms with E-state index < -0.39 is 22.1 Å². The predicted molar refractivity (Wildman–Crippen MR) is 95.9 cm³/mol. The first-order valence-electron chi connectivity index (χ1n) is 7.67. The lowest BCUT2D eigenvalue weighted by Gasteiger charge is -2.10. The smallest absolute Gasteiger partial charge is 0.437 e. The number of nitrogens with zero attached hydrogens (tertiary/aromatic N) is 1. The number of sulfonamides is 1. The molecule has 0 bridgehead atoms. The van der Waals surface area contributed by atoms with Crippen LogP contribution < -0.4 is 9.46 Å². The van der Waals surface area contributed by atoms with Crippen LogP contribution in [-0.2, 0) is 14.8 Å². The Bertz CT molecular complexity index is 1100. The van der Waals surface area contributed by atoms with Crippen LogP contribution in [0.15, 0.2) is 65.7 Å². The first-order chi connectivity index (χ1) is 12.9. The zero-order valence-electron chi connectivity index (χ0n) is 14.1. The molecule has 3 aromatic rings. The fraction of sp³-hybridized carbons (Fsp3) is 0.0556. The van der Waals surface area contributed by atoms with Crippen molar-refractivity contribution < 1.29 is 27.5 Å². The number of benzene rings is 2. The van der Waals surface area contributed by atoms with E-state index in [4.69, 9.17) is 4.74 Å². The first-order valence-corrected chi connectivity index (χ1v) is 9.16. The van der Waals surface area contributed by atoms with E-state index in [2.05, 4.69) is 9.72 Å². The molecule has 0 fully saturated rings. The van der Waals surface area contributed by atoms with Crippen molar-refractivity contribution in [3.63, 3.8) is 0 Å². The van der Waals surface area contributed by atoms with Crippen LogP contribution in [0.2, 0.25) is 0 Å². The Balaban J connectivity index is 1.83. The van der Waals surface area contributed by atoms with E-state index in [1.165, 1.54) is 18.2 Å². The molecule has 1 amide bonds. The highest BCUT2D eigenvalue weighted by molar-refractivity contribution is 7.90. The number of aromatic nitrogens is 1. The molecule has 0 saturated heterocycles. The summed E-state index contributed by atoms with van der Waals surface area (Å²) in [5, 5.41) is 1.24. The van der Waals surface area contributed by atoms with Crippen molar-refractivity contribution in [1.82, 2.24) is 9.71 Å². The van der Waals surface area contributed by atoms with Gasteiger partial charge in [-0.1, -0.05) is 36.4 Å². The van der Waals surface area contributed by atoms with Gasteiger partial charge in [0.05, 0.1) is 17.6 Å². The topological polar surface area (TPSA) is 112 Å². The van der Waals surface area contributed by atoms with Gasteiger partial charge in [0, 0.05) is 17.6 Å². The summed E-state index contributed by atoms with van der Waals surface area (Å²) in [6.45, 7) is 0. The Morgan fingerprint density at radius 1 is 1.00 bits per heavy atom. The van der Waals surface area contributed by atoms with Crippen molar-refractivity contribution in [2.75, 3.05) is 7.11 Å². The van der Waals surface area contributed by atoms with E-state index in [9.17, 15) is 18.0 Å². The van der Waals surface area contributed by atoms with E-state index in [1.807, 2.05) is 4.72 Å². The van der Waals surface area contributed by atoms with Crippen LogP contribution in [-0.4, -0.2) is 32.6 Å². The second-order valence-electron chi connectivity index (χ2n) is 5.35. The number of carbonyl (C=O) groups is 2. The molecule has 0 atom stereocenters. The van der Waals surface area contributed by atoms with Gasteiger partial charge in [0.25, 0.3) is 15.9 Å². The van der Waals surface area contributed by atoms with Crippen molar-refractivity contribution in [3.8, 4) is 5.88 Å². The van der Waals surface area contributed by atoms with Gasteiger partial charge in [-0.25, -0.2) is 22.9 Å². The average molecular weight is 386 g/mol. The third kappa shape index (κ3) is 4.04. The highest BCUT2D eigenvalue weighted by Gasteiger charge is 2.21. The molecule has 1 aromatic heterocycles. The minimum Gasteiger partial charge on any atom is -0.437 e. The number of fused-ring (bicyclic) bond motifs is 1. The zero-order valence-corrected chi connectivity index (χ0v) is 14.9. The third-order valence-electron chi connectivity index (χ3n) is 3.62. The van der Waals surface area contributed by atoms with Crippen LogP contribution in [0.25, 0.3) is 10.8 Å². The van der Waals surface area contributed by atoms with E-state index in [0.717, 1.165) is 18.7 Å². The molecule has 0 aliphatic rings. The number of nitrogens with one attached hydrogen (secondary N) is 1. The standard InChI is InChI=1S/C18H14N2O6S/c1-25-18(22)26-16-10-9-13(11-19-16)17(21)20-27(23,24)15-8-4-6-12-5-2-3-7-14(12)15/h2-11H,1H3,(H,20,21). The molecule has 138 valence electrons. The van der Waals surface area contributed by atoms with Crippen LogP contribution in [0.1, 0.15) is 10.4 Å². The molecule has 3 rings (SSSR count). The van der Waals surface area contributed by atoms with Gasteiger partial charge in [-0.15, -0.1) is 0 Å². The Kier molecular flexibility index (Phi) is 5.04. The Morgan fingerprint density at radius 2 is 1.74 bits per heavy atom. The molecule has 0 unspecified atom stereocenters. The van der Waals surface area contributed by atoms with E-state index >= 15 is 0 Å². The van der Waals surface area contributed by atoms with Gasteiger partial charge in [0.2, 0.25) is 5.88 Å². The molecule has 8 nitrogen and oxygen atoms in total. The molecule has 2 aromatic carbocycles. The Hall–Kier alpha value is -3.46. The highest BCUT2D eigenvalue weighted by atomic mass is 32.2. The molecule has 0 spiro atoms. The summed E-state index contributed by atoms with van der Waals surface area (Å²) in [4.78, 5) is 27.1. The molecule has 0 aliphatic heterocycles. The van der Waals surface area contributed by atoms with Crippen LogP contribution in [0.5, 0.6) is 5.88 Å². The van der Waals surface area contributed by atoms with Crippen molar-refractivity contribution in [3.05, 3.63) is 66.4 Å². The highest BCUT2D eigenvalue weighted by Crippen LogP contribution is 2.22. The molecular weight excluding hydrogens is 372 g/mol. The number of amides is 1. The number of methoxy groups -OCH3 is 1. The van der Waals surface area contributed by atoms with Gasteiger partial charge >= 0.3 is 6.16 Å². The number of ether oxygens (including phenoxy) is 2. The summed E-state index contributed by atoms with van der Waals surface area (Å²) in [5.41, 5.74) is -0.0176. The quantitative estimate of drug-likeness (QED) is 0.686. The maximum atomic E-state index is 12.6. The number of carbonyl (C=O) groups excluding carboxylic acids is 2. The normalized spacial score (nSPS) is 11.0. The van der Waals surface area contributed by atoms with Gasteiger partial charge in [-0.3, -0.25) is 4.79 Å². The molecular formula is C18H14N2O6S. The summed E-state index contributed by atoms with van der Waals surface area (Å²) in [5.74, 6) is -0.949. The molecule has 27 heavy (non-hydrogen) atoms. The molecule has 0 saturated carbocycles. The van der Waals surface area contributed by atoms with E-state index in [0.29, 0.717) is 5.39 Å². The largest absolute Gasteiger partial charge is 0.514 e. The summed E-state index contributed by atoms with van der Waals surface area (Å²) in [6.07, 6.45) is 0.130. The minimum atomic E-state index is -4.10. The lowest BCUT2D eigenvalue weighted by Crippen LogP contribution is -2.30. The lowest BCUT2D eigenvalue weighted by molar-refractivity contribution is 0.0981. The van der Waals surface area contributed by atoms with Gasteiger partial charge in [0.15, 0.2) is 0 Å². The van der Waals surface area contributed by atoms with Crippen LogP contribution in [0, 0.1) is 0 Å². The summed E-state index contributed by atoms with van der Waals surface area (Å²) >= 11 is 0. The molecule has 9 heteroatoms. The Morgan fingerprint density at radius 3 is 2.44 bits per heavy atom. The number of hydrogen-bond donors (Lipinski definition) is 1. The van der Waals surface area contributed by atoms with Gasteiger partial charge in [0.1, 0.15) is 0 Å². The van der Waals surface area contributed by atoms with Crippen molar-refractivity contribution >= 4 is 32.9 Å². The van der Waals surface area contributed by atoms with Crippen molar-refractivity contribution in [2.24, 2.45) is 0 Å². The maximum absolute atomic E-state index is 12.6. The summed E-state index contributed by atoms with van der Waals surface area (Å²) in [7, 11) is -2.96. The third-order valence-corrected chi connectivity index (χ3v) is 5.01.